The van der Waals surface area contributed by atoms with E-state index in [2.05, 4.69) is 0 Å². The predicted octanol–water partition coefficient (Wildman–Crippen LogP) is 0.769. The molecule has 1 unspecified atom stereocenters. The lowest BCUT2D eigenvalue weighted by Crippen LogP contribution is -2.29. The SMILES string of the molecule is Cc1ccc(S(=O)(=O)O)cc1.NCCCCC(N)C(=O)O. The number of carbonyl (C=O) groups is 1. The van der Waals surface area contributed by atoms with Gasteiger partial charge in [0.2, 0.25) is 0 Å². The molecule has 0 saturated carbocycles. The van der Waals surface area contributed by atoms with Crippen LogP contribution >= 0.6 is 0 Å². The third-order valence-electron chi connectivity index (χ3n) is 2.61. The molecular formula is C13H22N2O5S. The lowest BCUT2D eigenvalue weighted by molar-refractivity contribution is -0.138. The zero-order valence-corrected chi connectivity index (χ0v) is 12.7. The Morgan fingerprint density at radius 3 is 2.14 bits per heavy atom. The van der Waals surface area contributed by atoms with Gasteiger partial charge in [-0.3, -0.25) is 9.35 Å². The summed E-state index contributed by atoms with van der Waals surface area (Å²) in [4.78, 5) is 10.1. The number of hydrogen-bond acceptors (Lipinski definition) is 5. The van der Waals surface area contributed by atoms with Crippen LogP contribution in [-0.2, 0) is 14.9 Å². The smallest absolute Gasteiger partial charge is 0.320 e. The highest BCUT2D eigenvalue weighted by atomic mass is 32.2. The molecule has 1 rings (SSSR count). The van der Waals surface area contributed by atoms with Crippen LogP contribution in [0.25, 0.3) is 0 Å². The van der Waals surface area contributed by atoms with Gasteiger partial charge in [-0.1, -0.05) is 24.1 Å². The molecule has 0 aromatic heterocycles. The fraction of sp³-hybridized carbons (Fsp3) is 0.462. The van der Waals surface area contributed by atoms with Crippen molar-refractivity contribution >= 4 is 16.1 Å². The van der Waals surface area contributed by atoms with E-state index in [1.807, 2.05) is 6.92 Å². The normalized spacial score (nSPS) is 12.2. The van der Waals surface area contributed by atoms with E-state index in [1.54, 1.807) is 12.1 Å². The minimum atomic E-state index is -4.02. The van der Waals surface area contributed by atoms with E-state index >= 15 is 0 Å². The van der Waals surface area contributed by atoms with Crippen molar-refractivity contribution in [1.29, 1.82) is 0 Å². The van der Waals surface area contributed by atoms with Crippen LogP contribution in [0.1, 0.15) is 24.8 Å². The van der Waals surface area contributed by atoms with E-state index in [0.717, 1.165) is 18.4 Å². The molecule has 0 amide bonds. The Morgan fingerprint density at radius 1 is 1.24 bits per heavy atom. The summed E-state index contributed by atoms with van der Waals surface area (Å²) in [6.45, 7) is 2.44. The Morgan fingerprint density at radius 2 is 1.76 bits per heavy atom. The first-order valence-electron chi connectivity index (χ1n) is 6.41. The van der Waals surface area contributed by atoms with Crippen LogP contribution in [0.5, 0.6) is 0 Å². The second-order valence-electron chi connectivity index (χ2n) is 4.52. The molecule has 1 aromatic rings. The third kappa shape index (κ3) is 9.14. The molecule has 7 nitrogen and oxygen atoms in total. The molecule has 0 radical (unpaired) electrons. The van der Waals surface area contributed by atoms with E-state index in [4.69, 9.17) is 21.1 Å². The lowest BCUT2D eigenvalue weighted by atomic mass is 10.1. The van der Waals surface area contributed by atoms with Crippen LogP contribution in [0.15, 0.2) is 29.2 Å². The molecule has 0 aliphatic heterocycles. The summed E-state index contributed by atoms with van der Waals surface area (Å²) >= 11 is 0. The molecule has 21 heavy (non-hydrogen) atoms. The number of nitrogens with two attached hydrogens (primary N) is 2. The van der Waals surface area contributed by atoms with Gasteiger partial charge in [-0.25, -0.2) is 0 Å². The summed E-state index contributed by atoms with van der Waals surface area (Å²) in [5.74, 6) is -0.933. The standard InChI is InChI=1S/C7H8O3S.C6H14N2O2/c1-6-2-4-7(5-3-6)11(8,9)10;7-4-2-1-3-5(8)6(9)10/h2-5H,1H3,(H,8,9,10);5H,1-4,7-8H2,(H,9,10). The molecule has 120 valence electrons. The maximum Gasteiger partial charge on any atom is 0.320 e. The Balaban J connectivity index is 0.000000384. The fourth-order valence-corrected chi connectivity index (χ4v) is 1.82. The minimum Gasteiger partial charge on any atom is -0.480 e. The number of rotatable bonds is 6. The van der Waals surface area contributed by atoms with E-state index in [0.29, 0.717) is 13.0 Å². The Labute approximate surface area is 124 Å². The summed E-state index contributed by atoms with van der Waals surface area (Å²) < 4.78 is 29.6. The van der Waals surface area contributed by atoms with Crippen LogP contribution < -0.4 is 11.5 Å². The molecular weight excluding hydrogens is 296 g/mol. The van der Waals surface area contributed by atoms with Gasteiger partial charge in [-0.15, -0.1) is 0 Å². The molecule has 1 atom stereocenters. The van der Waals surface area contributed by atoms with Crippen molar-refractivity contribution in [2.24, 2.45) is 11.5 Å². The quantitative estimate of drug-likeness (QED) is 0.448. The number of unbranched alkanes of at least 4 members (excludes halogenated alkanes) is 1. The van der Waals surface area contributed by atoms with Crippen molar-refractivity contribution < 1.29 is 22.9 Å². The maximum absolute atomic E-state index is 10.5. The van der Waals surface area contributed by atoms with Crippen LogP contribution in [0, 0.1) is 6.92 Å². The summed E-state index contributed by atoms with van der Waals surface area (Å²) in [6, 6.07) is 5.27. The minimum absolute atomic E-state index is 0.0666. The molecule has 0 fully saturated rings. The monoisotopic (exact) mass is 318 g/mol. The van der Waals surface area contributed by atoms with E-state index in [9.17, 15) is 13.2 Å². The average Bonchev–Trinajstić information content (AvgIpc) is 2.39. The topological polar surface area (TPSA) is 144 Å². The Bertz CT molecular complexity index is 528. The molecule has 0 aliphatic rings. The van der Waals surface area contributed by atoms with Gasteiger partial charge >= 0.3 is 5.97 Å². The van der Waals surface area contributed by atoms with Gasteiger partial charge in [-0.2, -0.15) is 8.42 Å². The van der Waals surface area contributed by atoms with Crippen molar-refractivity contribution in [1.82, 2.24) is 0 Å². The maximum atomic E-state index is 10.5. The highest BCUT2D eigenvalue weighted by molar-refractivity contribution is 7.85. The third-order valence-corrected chi connectivity index (χ3v) is 3.47. The molecule has 1 aromatic carbocycles. The summed E-state index contributed by atoms with van der Waals surface area (Å²) in [7, 11) is -4.02. The predicted molar refractivity (Wildman–Crippen MR) is 79.5 cm³/mol. The van der Waals surface area contributed by atoms with Gasteiger partial charge in [-0.05, 0) is 38.4 Å². The number of hydrogen-bond donors (Lipinski definition) is 4. The summed E-state index contributed by atoms with van der Waals surface area (Å²) in [6.07, 6.45) is 2.16. The van der Waals surface area contributed by atoms with Gasteiger partial charge in [0.25, 0.3) is 10.1 Å². The number of aliphatic carboxylic acids is 1. The van der Waals surface area contributed by atoms with Crippen LogP contribution in [0.4, 0.5) is 0 Å². The molecule has 0 spiro atoms. The van der Waals surface area contributed by atoms with Gasteiger partial charge < -0.3 is 16.6 Å². The average molecular weight is 318 g/mol. The van der Waals surface area contributed by atoms with E-state index in [-0.39, 0.29) is 4.90 Å². The first-order chi connectivity index (χ1) is 9.68. The van der Waals surface area contributed by atoms with Crippen LogP contribution in [0.3, 0.4) is 0 Å². The highest BCUT2D eigenvalue weighted by Crippen LogP contribution is 2.08. The van der Waals surface area contributed by atoms with Gasteiger partial charge in [0.05, 0.1) is 4.90 Å². The molecule has 6 N–H and O–H groups in total. The largest absolute Gasteiger partial charge is 0.480 e. The zero-order valence-electron chi connectivity index (χ0n) is 11.9. The second kappa shape index (κ2) is 9.46. The molecule has 0 bridgehead atoms. The number of carboxylic acids is 1. The lowest BCUT2D eigenvalue weighted by Gasteiger charge is -2.03. The molecule has 0 heterocycles. The Hall–Kier alpha value is -1.48. The van der Waals surface area contributed by atoms with Crippen molar-refractivity contribution in [3.05, 3.63) is 29.8 Å². The first kappa shape index (κ1) is 19.5. The van der Waals surface area contributed by atoms with Crippen molar-refractivity contribution in [2.45, 2.75) is 37.1 Å². The van der Waals surface area contributed by atoms with Gasteiger partial charge in [0.1, 0.15) is 6.04 Å². The number of aryl methyl sites for hydroxylation is 1. The summed E-state index contributed by atoms with van der Waals surface area (Å²) in [5.41, 5.74) is 11.4. The number of carboxylic acid groups (broad SMARTS) is 1. The zero-order chi connectivity index (χ0) is 16.5. The Kier molecular flexibility index (Phi) is 8.79. The van der Waals surface area contributed by atoms with Crippen molar-refractivity contribution in [2.75, 3.05) is 6.54 Å². The summed E-state index contributed by atoms with van der Waals surface area (Å²) in [5, 5.41) is 8.33. The van der Waals surface area contributed by atoms with Gasteiger partial charge in [0, 0.05) is 0 Å². The highest BCUT2D eigenvalue weighted by Gasteiger charge is 2.09. The fourth-order valence-electron chi connectivity index (χ4n) is 1.34. The number of benzene rings is 1. The van der Waals surface area contributed by atoms with Gasteiger partial charge in [0.15, 0.2) is 0 Å². The molecule has 8 heteroatoms. The van der Waals surface area contributed by atoms with Crippen LogP contribution in [-0.4, -0.2) is 36.6 Å². The second-order valence-corrected chi connectivity index (χ2v) is 5.94. The molecule has 0 aliphatic carbocycles. The van der Waals surface area contributed by atoms with Crippen molar-refractivity contribution in [3.63, 3.8) is 0 Å². The first-order valence-corrected chi connectivity index (χ1v) is 7.85. The van der Waals surface area contributed by atoms with Crippen LogP contribution in [0.2, 0.25) is 0 Å². The van der Waals surface area contributed by atoms with Crippen molar-refractivity contribution in [3.8, 4) is 0 Å². The van der Waals surface area contributed by atoms with E-state index < -0.39 is 22.1 Å². The van der Waals surface area contributed by atoms with E-state index in [1.165, 1.54) is 12.1 Å². The molecule has 0 saturated heterocycles.